The lowest BCUT2D eigenvalue weighted by Crippen LogP contribution is -2.51. The topological polar surface area (TPSA) is 3.24 Å². The molecule has 11 heavy (non-hydrogen) atoms. The van der Waals surface area contributed by atoms with Crippen molar-refractivity contribution in [3.8, 4) is 0 Å². The fourth-order valence-electron chi connectivity index (χ4n) is 2.52. The van der Waals surface area contributed by atoms with Crippen molar-refractivity contribution in [3.63, 3.8) is 0 Å². The Balaban J connectivity index is 2.69. The van der Waals surface area contributed by atoms with Crippen LogP contribution in [-0.2, 0) is 0 Å². The fraction of sp³-hybridized carbons (Fsp3) is 1.00. The van der Waals surface area contributed by atoms with Gasteiger partial charge in [0.1, 0.15) is 8.24 Å². The zero-order valence-electron chi connectivity index (χ0n) is 8.52. The van der Waals surface area contributed by atoms with E-state index < -0.39 is 8.24 Å². The van der Waals surface area contributed by atoms with Crippen LogP contribution in [-0.4, -0.2) is 24.9 Å². The van der Waals surface area contributed by atoms with Crippen molar-refractivity contribution in [1.82, 2.24) is 4.57 Å². The van der Waals surface area contributed by atoms with E-state index >= 15 is 0 Å². The standard InChI is InChI=1S/C9H21NSi/c1-8-6-7-9(2)10(8)11(3,4)5/h8-9H,6-7H2,1-5H3. The van der Waals surface area contributed by atoms with Crippen molar-refractivity contribution in [3.05, 3.63) is 0 Å². The van der Waals surface area contributed by atoms with Crippen LogP contribution in [0.2, 0.25) is 19.6 Å². The van der Waals surface area contributed by atoms with E-state index in [0.717, 1.165) is 12.1 Å². The molecule has 2 heteroatoms. The lowest BCUT2D eigenvalue weighted by atomic mass is 10.2. The van der Waals surface area contributed by atoms with Gasteiger partial charge in [-0.2, -0.15) is 0 Å². The first-order valence-corrected chi connectivity index (χ1v) is 8.16. The van der Waals surface area contributed by atoms with E-state index in [1.165, 1.54) is 12.8 Å². The molecule has 1 saturated heterocycles. The van der Waals surface area contributed by atoms with Gasteiger partial charge in [-0.25, -0.2) is 0 Å². The van der Waals surface area contributed by atoms with E-state index in [1.54, 1.807) is 0 Å². The molecular weight excluding hydrogens is 150 g/mol. The Labute approximate surface area is 71.9 Å². The van der Waals surface area contributed by atoms with Gasteiger partial charge in [0, 0.05) is 12.1 Å². The van der Waals surface area contributed by atoms with Crippen LogP contribution >= 0.6 is 0 Å². The van der Waals surface area contributed by atoms with Crippen LogP contribution in [0.3, 0.4) is 0 Å². The Morgan fingerprint density at radius 1 is 1.00 bits per heavy atom. The summed E-state index contributed by atoms with van der Waals surface area (Å²) in [6.45, 7) is 12.1. The second kappa shape index (κ2) is 2.90. The molecule has 0 bridgehead atoms. The van der Waals surface area contributed by atoms with Gasteiger partial charge in [0.05, 0.1) is 0 Å². The SMILES string of the molecule is CC1CCC(C)N1[Si](C)(C)C. The average Bonchev–Trinajstić information content (AvgIpc) is 2.08. The summed E-state index contributed by atoms with van der Waals surface area (Å²) >= 11 is 0. The first kappa shape index (κ1) is 9.27. The molecule has 1 rings (SSSR count). The average molecular weight is 171 g/mol. The molecule has 0 amide bonds. The van der Waals surface area contributed by atoms with E-state index in [4.69, 9.17) is 0 Å². The highest BCUT2D eigenvalue weighted by molar-refractivity contribution is 6.73. The number of nitrogens with zero attached hydrogens (tertiary/aromatic N) is 1. The highest BCUT2D eigenvalue weighted by atomic mass is 28.3. The summed E-state index contributed by atoms with van der Waals surface area (Å²) in [5.74, 6) is 0. The lowest BCUT2D eigenvalue weighted by Gasteiger charge is -2.37. The predicted octanol–water partition coefficient (Wildman–Crippen LogP) is 2.69. The van der Waals surface area contributed by atoms with Gasteiger partial charge >= 0.3 is 0 Å². The monoisotopic (exact) mass is 171 g/mol. The Bertz CT molecular complexity index is 129. The quantitative estimate of drug-likeness (QED) is 0.548. The van der Waals surface area contributed by atoms with Crippen LogP contribution in [0.4, 0.5) is 0 Å². The van der Waals surface area contributed by atoms with Gasteiger partial charge in [-0.3, -0.25) is 0 Å². The van der Waals surface area contributed by atoms with E-state index in [2.05, 4.69) is 38.1 Å². The number of hydrogen-bond acceptors (Lipinski definition) is 1. The maximum atomic E-state index is 2.77. The molecular formula is C9H21NSi. The molecule has 0 aromatic heterocycles. The van der Waals surface area contributed by atoms with Crippen LogP contribution < -0.4 is 0 Å². The molecule has 2 atom stereocenters. The maximum Gasteiger partial charge on any atom is 0.119 e. The van der Waals surface area contributed by atoms with Crippen molar-refractivity contribution < 1.29 is 0 Å². The maximum absolute atomic E-state index is 2.77. The Kier molecular flexibility index (Phi) is 2.45. The van der Waals surface area contributed by atoms with Crippen molar-refractivity contribution in [2.24, 2.45) is 0 Å². The predicted molar refractivity (Wildman–Crippen MR) is 53.3 cm³/mol. The minimum absolute atomic E-state index is 0.844. The van der Waals surface area contributed by atoms with E-state index in [0.29, 0.717) is 0 Å². The molecule has 1 aliphatic rings. The van der Waals surface area contributed by atoms with Gasteiger partial charge in [0.15, 0.2) is 0 Å². The molecule has 2 unspecified atom stereocenters. The summed E-state index contributed by atoms with van der Waals surface area (Å²) in [6.07, 6.45) is 2.82. The summed E-state index contributed by atoms with van der Waals surface area (Å²) in [7, 11) is -1.02. The van der Waals surface area contributed by atoms with Crippen molar-refractivity contribution >= 4 is 8.24 Å². The normalized spacial score (nSPS) is 34.6. The number of hydrogen-bond donors (Lipinski definition) is 0. The smallest absolute Gasteiger partial charge is 0.119 e. The van der Waals surface area contributed by atoms with Crippen LogP contribution in [0.5, 0.6) is 0 Å². The Morgan fingerprint density at radius 3 is 1.55 bits per heavy atom. The Hall–Kier alpha value is 0.177. The van der Waals surface area contributed by atoms with Gasteiger partial charge in [-0.1, -0.05) is 33.5 Å². The first-order valence-electron chi connectivity index (χ1n) is 4.71. The third-order valence-electron chi connectivity index (χ3n) is 2.73. The second-order valence-corrected chi connectivity index (χ2v) is 9.71. The minimum Gasteiger partial charge on any atom is -0.319 e. The molecule has 0 N–H and O–H groups in total. The molecule has 1 heterocycles. The lowest BCUT2D eigenvalue weighted by molar-refractivity contribution is 0.349. The highest BCUT2D eigenvalue weighted by Gasteiger charge is 2.36. The molecule has 66 valence electrons. The number of rotatable bonds is 1. The molecule has 0 aromatic rings. The molecule has 0 aromatic carbocycles. The van der Waals surface area contributed by atoms with Crippen LogP contribution in [0.15, 0.2) is 0 Å². The van der Waals surface area contributed by atoms with Crippen LogP contribution in [0.1, 0.15) is 26.7 Å². The molecule has 1 fully saturated rings. The van der Waals surface area contributed by atoms with Crippen LogP contribution in [0, 0.1) is 0 Å². The minimum atomic E-state index is -1.02. The largest absolute Gasteiger partial charge is 0.319 e. The summed E-state index contributed by atoms with van der Waals surface area (Å²) in [6, 6.07) is 1.69. The molecule has 0 radical (unpaired) electrons. The molecule has 1 aliphatic heterocycles. The second-order valence-electron chi connectivity index (χ2n) is 4.85. The summed E-state index contributed by atoms with van der Waals surface area (Å²) in [4.78, 5) is 0. The molecule has 1 nitrogen and oxygen atoms in total. The first-order chi connectivity index (χ1) is 4.93. The summed E-state index contributed by atoms with van der Waals surface area (Å²) in [5, 5.41) is 0. The molecule has 0 aliphatic carbocycles. The fourth-order valence-corrected chi connectivity index (χ4v) is 5.42. The van der Waals surface area contributed by atoms with Gasteiger partial charge < -0.3 is 4.57 Å². The zero-order chi connectivity index (χ0) is 8.65. The van der Waals surface area contributed by atoms with E-state index in [-0.39, 0.29) is 0 Å². The Morgan fingerprint density at radius 2 is 1.36 bits per heavy atom. The summed E-state index contributed by atoms with van der Waals surface area (Å²) in [5.41, 5.74) is 0. The third-order valence-corrected chi connectivity index (χ3v) is 5.16. The van der Waals surface area contributed by atoms with Crippen molar-refractivity contribution in [2.75, 3.05) is 0 Å². The van der Waals surface area contributed by atoms with Crippen molar-refractivity contribution in [1.29, 1.82) is 0 Å². The molecule has 0 saturated carbocycles. The van der Waals surface area contributed by atoms with Gasteiger partial charge in [-0.15, -0.1) is 0 Å². The van der Waals surface area contributed by atoms with Gasteiger partial charge in [0.25, 0.3) is 0 Å². The van der Waals surface area contributed by atoms with Crippen molar-refractivity contribution in [2.45, 2.75) is 58.4 Å². The zero-order valence-corrected chi connectivity index (χ0v) is 9.52. The third kappa shape index (κ3) is 1.85. The summed E-state index contributed by atoms with van der Waals surface area (Å²) < 4.78 is 2.77. The van der Waals surface area contributed by atoms with E-state index in [1.807, 2.05) is 0 Å². The van der Waals surface area contributed by atoms with Crippen LogP contribution in [0.25, 0.3) is 0 Å². The highest BCUT2D eigenvalue weighted by Crippen LogP contribution is 2.28. The van der Waals surface area contributed by atoms with Gasteiger partial charge in [-0.05, 0) is 12.8 Å². The molecule has 0 spiro atoms. The van der Waals surface area contributed by atoms with E-state index in [9.17, 15) is 0 Å². The van der Waals surface area contributed by atoms with Gasteiger partial charge in [0.2, 0.25) is 0 Å².